The predicted molar refractivity (Wildman–Crippen MR) is 102 cm³/mol. The van der Waals surface area contributed by atoms with Crippen LogP contribution in [-0.2, 0) is 13.1 Å². The highest BCUT2D eigenvalue weighted by atomic mass is 16.1. The van der Waals surface area contributed by atoms with E-state index in [9.17, 15) is 4.79 Å². The molecule has 2 aromatic carbocycles. The van der Waals surface area contributed by atoms with Crippen LogP contribution in [0.5, 0.6) is 0 Å². The van der Waals surface area contributed by atoms with Crippen molar-refractivity contribution in [2.75, 3.05) is 13.1 Å². The van der Waals surface area contributed by atoms with E-state index in [0.29, 0.717) is 6.54 Å². The van der Waals surface area contributed by atoms with Crippen LogP contribution in [0.1, 0.15) is 46.8 Å². The van der Waals surface area contributed by atoms with Gasteiger partial charge in [-0.3, -0.25) is 9.69 Å². The maximum absolute atomic E-state index is 12.5. The first-order chi connectivity index (χ1) is 12.1. The van der Waals surface area contributed by atoms with Crippen molar-refractivity contribution in [2.24, 2.45) is 5.92 Å². The summed E-state index contributed by atoms with van der Waals surface area (Å²) < 4.78 is 0. The molecule has 25 heavy (non-hydrogen) atoms. The minimum Gasteiger partial charge on any atom is -0.348 e. The van der Waals surface area contributed by atoms with Crippen LogP contribution in [0, 0.1) is 12.8 Å². The molecular weight excluding hydrogens is 308 g/mol. The van der Waals surface area contributed by atoms with Crippen molar-refractivity contribution in [3.05, 3.63) is 70.8 Å². The molecule has 0 atom stereocenters. The SMILES string of the molecule is Cc1ccccc1C(=O)NCc1ccccc1CN1CCC(C)CC1. The van der Waals surface area contributed by atoms with Gasteiger partial charge in [-0.2, -0.15) is 0 Å². The van der Waals surface area contributed by atoms with Crippen molar-refractivity contribution >= 4 is 5.91 Å². The number of nitrogens with zero attached hydrogens (tertiary/aromatic N) is 1. The molecule has 0 spiro atoms. The van der Waals surface area contributed by atoms with Gasteiger partial charge in [0.15, 0.2) is 0 Å². The van der Waals surface area contributed by atoms with Crippen molar-refractivity contribution in [3.63, 3.8) is 0 Å². The zero-order valence-electron chi connectivity index (χ0n) is 15.3. The second-order valence-electron chi connectivity index (χ2n) is 7.22. The van der Waals surface area contributed by atoms with Crippen molar-refractivity contribution in [2.45, 2.75) is 39.8 Å². The van der Waals surface area contributed by atoms with E-state index in [1.54, 1.807) is 0 Å². The number of hydrogen-bond acceptors (Lipinski definition) is 2. The summed E-state index contributed by atoms with van der Waals surface area (Å²) in [5, 5.41) is 3.08. The molecule has 0 aromatic heterocycles. The molecule has 0 radical (unpaired) electrons. The second-order valence-corrected chi connectivity index (χ2v) is 7.22. The third-order valence-corrected chi connectivity index (χ3v) is 5.22. The van der Waals surface area contributed by atoms with Gasteiger partial charge in [0, 0.05) is 18.7 Å². The number of benzene rings is 2. The van der Waals surface area contributed by atoms with Crippen molar-refractivity contribution in [1.29, 1.82) is 0 Å². The first-order valence-electron chi connectivity index (χ1n) is 9.26. The molecule has 1 heterocycles. The number of likely N-dealkylation sites (tertiary alicyclic amines) is 1. The van der Waals surface area contributed by atoms with E-state index < -0.39 is 0 Å². The molecule has 1 amide bonds. The third-order valence-electron chi connectivity index (χ3n) is 5.22. The highest BCUT2D eigenvalue weighted by Gasteiger charge is 2.17. The molecule has 1 saturated heterocycles. The highest BCUT2D eigenvalue weighted by Crippen LogP contribution is 2.19. The Morgan fingerprint density at radius 3 is 2.40 bits per heavy atom. The maximum Gasteiger partial charge on any atom is 0.251 e. The summed E-state index contributed by atoms with van der Waals surface area (Å²) in [4.78, 5) is 15.0. The van der Waals surface area contributed by atoms with Gasteiger partial charge in [-0.05, 0) is 61.5 Å². The normalized spacial score (nSPS) is 15.9. The summed E-state index contributed by atoms with van der Waals surface area (Å²) in [6, 6.07) is 16.2. The molecule has 3 heteroatoms. The fraction of sp³-hybridized carbons (Fsp3) is 0.409. The van der Waals surface area contributed by atoms with Crippen molar-refractivity contribution in [1.82, 2.24) is 10.2 Å². The Kier molecular flexibility index (Phi) is 5.87. The van der Waals surface area contributed by atoms with Crippen molar-refractivity contribution in [3.8, 4) is 0 Å². The Morgan fingerprint density at radius 2 is 1.68 bits per heavy atom. The summed E-state index contributed by atoms with van der Waals surface area (Å²) in [5.41, 5.74) is 4.30. The van der Waals surface area contributed by atoms with Crippen LogP contribution in [0.15, 0.2) is 48.5 Å². The standard InChI is InChI=1S/C22H28N2O/c1-17-11-13-24(14-12-17)16-20-9-5-4-8-19(20)15-23-22(25)21-10-6-3-7-18(21)2/h3-10,17H,11-16H2,1-2H3,(H,23,25). The molecule has 1 N–H and O–H groups in total. The zero-order chi connectivity index (χ0) is 17.6. The van der Waals surface area contributed by atoms with E-state index >= 15 is 0 Å². The van der Waals surface area contributed by atoms with E-state index in [1.807, 2.05) is 31.2 Å². The number of hydrogen-bond donors (Lipinski definition) is 1. The average molecular weight is 336 g/mol. The molecule has 1 aliphatic heterocycles. The third kappa shape index (κ3) is 4.70. The Balaban J connectivity index is 1.63. The predicted octanol–water partition coefficient (Wildman–Crippen LogP) is 4.16. The molecule has 2 aromatic rings. The fourth-order valence-electron chi connectivity index (χ4n) is 3.44. The lowest BCUT2D eigenvalue weighted by Gasteiger charge is -2.30. The largest absolute Gasteiger partial charge is 0.348 e. The molecule has 0 saturated carbocycles. The molecule has 3 nitrogen and oxygen atoms in total. The minimum absolute atomic E-state index is 0.000277. The van der Waals surface area contributed by atoms with Gasteiger partial charge in [0.1, 0.15) is 0 Å². The Labute approximate surface area is 151 Å². The molecule has 1 fully saturated rings. The molecule has 0 bridgehead atoms. The smallest absolute Gasteiger partial charge is 0.251 e. The van der Waals surface area contributed by atoms with Gasteiger partial charge in [-0.15, -0.1) is 0 Å². The number of carbonyl (C=O) groups excluding carboxylic acids is 1. The van der Waals surface area contributed by atoms with Gasteiger partial charge in [-0.25, -0.2) is 0 Å². The lowest BCUT2D eigenvalue weighted by molar-refractivity contribution is 0.0950. The van der Waals surface area contributed by atoms with Gasteiger partial charge in [-0.1, -0.05) is 49.4 Å². The average Bonchev–Trinajstić information content (AvgIpc) is 2.63. The number of amides is 1. The molecule has 3 rings (SSSR count). The number of nitrogens with one attached hydrogen (secondary N) is 1. The van der Waals surface area contributed by atoms with E-state index in [-0.39, 0.29) is 5.91 Å². The van der Waals surface area contributed by atoms with Crippen LogP contribution in [0.25, 0.3) is 0 Å². The zero-order valence-corrected chi connectivity index (χ0v) is 15.3. The Hall–Kier alpha value is -2.13. The molecule has 0 aliphatic carbocycles. The summed E-state index contributed by atoms with van der Waals surface area (Å²) >= 11 is 0. The quantitative estimate of drug-likeness (QED) is 0.889. The van der Waals surface area contributed by atoms with Gasteiger partial charge in [0.2, 0.25) is 0 Å². The lowest BCUT2D eigenvalue weighted by Crippen LogP contribution is -2.33. The van der Waals surface area contributed by atoms with Crippen LogP contribution in [0.2, 0.25) is 0 Å². The fourth-order valence-corrected chi connectivity index (χ4v) is 3.44. The van der Waals surface area contributed by atoms with E-state index in [1.165, 1.54) is 37.1 Å². The monoisotopic (exact) mass is 336 g/mol. The maximum atomic E-state index is 12.5. The van der Waals surface area contributed by atoms with Gasteiger partial charge < -0.3 is 5.32 Å². The van der Waals surface area contributed by atoms with Crippen LogP contribution >= 0.6 is 0 Å². The second kappa shape index (κ2) is 8.30. The van der Waals surface area contributed by atoms with Gasteiger partial charge >= 0.3 is 0 Å². The first kappa shape index (κ1) is 17.7. The first-order valence-corrected chi connectivity index (χ1v) is 9.26. The van der Waals surface area contributed by atoms with Crippen LogP contribution in [-0.4, -0.2) is 23.9 Å². The van der Waals surface area contributed by atoms with Crippen molar-refractivity contribution < 1.29 is 4.79 Å². The highest BCUT2D eigenvalue weighted by molar-refractivity contribution is 5.95. The minimum atomic E-state index is -0.000277. The van der Waals surface area contributed by atoms with Crippen LogP contribution < -0.4 is 5.32 Å². The lowest BCUT2D eigenvalue weighted by atomic mass is 9.98. The Morgan fingerprint density at radius 1 is 1.04 bits per heavy atom. The summed E-state index contributed by atoms with van der Waals surface area (Å²) in [7, 11) is 0. The van der Waals surface area contributed by atoms with Crippen LogP contribution in [0.4, 0.5) is 0 Å². The topological polar surface area (TPSA) is 32.3 Å². The number of carbonyl (C=O) groups is 1. The molecule has 1 aliphatic rings. The number of rotatable bonds is 5. The van der Waals surface area contributed by atoms with Crippen LogP contribution in [0.3, 0.4) is 0 Å². The Bertz CT molecular complexity index is 717. The summed E-state index contributed by atoms with van der Waals surface area (Å²) in [6.07, 6.45) is 2.57. The van der Waals surface area contributed by atoms with Gasteiger partial charge in [0.25, 0.3) is 5.91 Å². The molecule has 0 unspecified atom stereocenters. The van der Waals surface area contributed by atoms with Gasteiger partial charge in [0.05, 0.1) is 0 Å². The van der Waals surface area contributed by atoms with E-state index in [0.717, 1.165) is 23.6 Å². The summed E-state index contributed by atoms with van der Waals surface area (Å²) in [5.74, 6) is 0.847. The molecule has 132 valence electrons. The number of aryl methyl sites for hydroxylation is 1. The summed E-state index contributed by atoms with van der Waals surface area (Å²) in [6.45, 7) is 8.21. The van der Waals surface area contributed by atoms with E-state index in [2.05, 4.69) is 41.4 Å². The van der Waals surface area contributed by atoms with E-state index in [4.69, 9.17) is 0 Å². The number of piperidine rings is 1. The molecular formula is C22H28N2O.